The Kier molecular flexibility index (Phi) is 8.07. The predicted molar refractivity (Wildman–Crippen MR) is 124 cm³/mol. The molecule has 3 rings (SSSR count). The van der Waals surface area contributed by atoms with E-state index in [1.165, 1.54) is 25.5 Å². The van der Waals surface area contributed by atoms with E-state index in [2.05, 4.69) is 31.4 Å². The number of rotatable bonds is 9. The second-order valence-corrected chi connectivity index (χ2v) is 7.60. The lowest BCUT2D eigenvalue weighted by Crippen LogP contribution is -2.25. The number of ether oxygens (including phenoxy) is 2. The van der Waals surface area contributed by atoms with E-state index in [-0.39, 0.29) is 23.7 Å². The first kappa shape index (κ1) is 24.6. The minimum Gasteiger partial charge on any atom is -0.467 e. The normalized spacial score (nSPS) is 10.8. The number of furan rings is 1. The summed E-state index contributed by atoms with van der Waals surface area (Å²) in [6, 6.07) is 11.2. The third-order valence-corrected chi connectivity index (χ3v) is 5.53. The summed E-state index contributed by atoms with van der Waals surface area (Å²) in [5.74, 6) is 0.292. The number of halogens is 1. The molecular weight excluding hydrogens is 510 g/mol. The molecule has 0 saturated carbocycles. The number of nitro groups is 1. The van der Waals surface area contributed by atoms with Crippen LogP contribution in [0.25, 0.3) is 11.3 Å². The minimum absolute atomic E-state index is 0.0210. The Labute approximate surface area is 202 Å². The van der Waals surface area contributed by atoms with Gasteiger partial charge in [0.15, 0.2) is 6.61 Å². The number of nitriles is 1. The van der Waals surface area contributed by atoms with Crippen LogP contribution in [-0.2, 0) is 16.1 Å². The first-order valence-corrected chi connectivity index (χ1v) is 10.5. The van der Waals surface area contributed by atoms with Gasteiger partial charge >= 0.3 is 0 Å². The molecule has 0 unspecified atom stereocenters. The van der Waals surface area contributed by atoms with Crippen LogP contribution in [-0.4, -0.2) is 35.7 Å². The van der Waals surface area contributed by atoms with Crippen molar-refractivity contribution in [2.75, 3.05) is 13.7 Å². The number of non-ortho nitro benzene ring substituents is 1. The number of pyridine rings is 1. The van der Waals surface area contributed by atoms with Crippen molar-refractivity contribution >= 4 is 33.7 Å². The van der Waals surface area contributed by atoms with Crippen molar-refractivity contribution in [3.05, 3.63) is 73.6 Å². The Morgan fingerprint density at radius 2 is 2.09 bits per heavy atom. The third kappa shape index (κ3) is 5.83. The number of hydrogen-bond donors (Lipinski definition) is 1. The van der Waals surface area contributed by atoms with Crippen molar-refractivity contribution in [2.24, 2.45) is 5.10 Å². The van der Waals surface area contributed by atoms with Gasteiger partial charge in [-0.2, -0.15) is 10.4 Å². The summed E-state index contributed by atoms with van der Waals surface area (Å²) in [6.45, 7) is 1.49. The summed E-state index contributed by atoms with van der Waals surface area (Å²) in [5.41, 5.74) is 4.26. The van der Waals surface area contributed by atoms with Crippen molar-refractivity contribution in [3.8, 4) is 23.3 Å². The fourth-order valence-electron chi connectivity index (χ4n) is 2.87. The molecule has 0 aliphatic carbocycles. The minimum atomic E-state index is -0.571. The van der Waals surface area contributed by atoms with E-state index in [0.29, 0.717) is 32.8 Å². The Bertz CT molecular complexity index is 1280. The lowest BCUT2D eigenvalue weighted by molar-refractivity contribution is -0.384. The van der Waals surface area contributed by atoms with Gasteiger partial charge in [0.2, 0.25) is 5.88 Å². The van der Waals surface area contributed by atoms with Crippen LogP contribution in [0.4, 0.5) is 5.69 Å². The maximum absolute atomic E-state index is 12.1. The molecule has 0 aliphatic rings. The zero-order valence-corrected chi connectivity index (χ0v) is 19.7. The molecule has 2 heterocycles. The molecule has 2 aromatic heterocycles. The molecule has 1 aromatic carbocycles. The predicted octanol–water partition coefficient (Wildman–Crippen LogP) is 3.87. The third-order valence-electron chi connectivity index (χ3n) is 4.48. The van der Waals surface area contributed by atoms with Crippen LogP contribution < -0.4 is 10.2 Å². The zero-order valence-electron chi connectivity index (χ0n) is 18.1. The van der Waals surface area contributed by atoms with Crippen molar-refractivity contribution in [1.29, 1.82) is 5.26 Å². The number of nitro benzene ring substituents is 1. The van der Waals surface area contributed by atoms with Gasteiger partial charge in [0, 0.05) is 34.8 Å². The van der Waals surface area contributed by atoms with Crippen LogP contribution in [0.5, 0.6) is 5.88 Å². The zero-order chi connectivity index (χ0) is 24.7. The van der Waals surface area contributed by atoms with Crippen molar-refractivity contribution in [3.63, 3.8) is 0 Å². The molecule has 0 aliphatic heterocycles. The molecule has 12 heteroatoms. The van der Waals surface area contributed by atoms with E-state index in [1.807, 2.05) is 6.07 Å². The highest BCUT2D eigenvalue weighted by Gasteiger charge is 2.18. The molecular formula is C22H18BrN5O6. The maximum atomic E-state index is 12.1. The molecule has 0 spiro atoms. The number of nitrogens with one attached hydrogen (secondary N) is 1. The topological polar surface area (TPSA) is 153 Å². The van der Waals surface area contributed by atoms with Crippen molar-refractivity contribution in [2.45, 2.75) is 13.5 Å². The van der Waals surface area contributed by atoms with Gasteiger partial charge in [-0.1, -0.05) is 0 Å². The maximum Gasteiger partial charge on any atom is 0.278 e. The molecule has 0 fully saturated rings. The lowest BCUT2D eigenvalue weighted by atomic mass is 10.1. The Morgan fingerprint density at radius 1 is 1.35 bits per heavy atom. The summed E-state index contributed by atoms with van der Waals surface area (Å²) < 4.78 is 16.8. The number of aromatic nitrogens is 1. The average molecular weight is 528 g/mol. The molecule has 1 amide bonds. The van der Waals surface area contributed by atoms with Crippen LogP contribution >= 0.6 is 15.9 Å². The highest BCUT2D eigenvalue weighted by atomic mass is 79.9. The second kappa shape index (κ2) is 11.2. The Hall–Kier alpha value is -4.08. The van der Waals surface area contributed by atoms with Gasteiger partial charge in [0.05, 0.1) is 23.4 Å². The number of carbonyl (C=O) groups excluding carboxylic acids is 1. The fraction of sp³-hybridized carbons (Fsp3) is 0.182. The smallest absolute Gasteiger partial charge is 0.278 e. The van der Waals surface area contributed by atoms with E-state index in [4.69, 9.17) is 13.9 Å². The van der Waals surface area contributed by atoms with Crippen LogP contribution in [0.1, 0.15) is 22.6 Å². The standard InChI is InChI=1S/C22H18BrN5O6/c1-13-21(23)18(11-32-2)17(9-24)22(26-13)33-12-20(29)27-25-10-16-7-8-19(34-16)14-3-5-15(6-4-14)28(30)31/h3-8,10H,11-12H2,1-2H3,(H,27,29). The molecule has 3 aromatic rings. The Morgan fingerprint density at radius 3 is 2.74 bits per heavy atom. The van der Waals surface area contributed by atoms with Crippen LogP contribution in [0.3, 0.4) is 0 Å². The molecule has 1 N–H and O–H groups in total. The van der Waals surface area contributed by atoms with Gasteiger partial charge in [0.25, 0.3) is 11.6 Å². The summed E-state index contributed by atoms with van der Waals surface area (Å²) in [4.78, 5) is 26.6. The highest BCUT2D eigenvalue weighted by molar-refractivity contribution is 9.10. The second-order valence-electron chi connectivity index (χ2n) is 6.80. The van der Waals surface area contributed by atoms with Gasteiger partial charge in [-0.05, 0) is 47.1 Å². The number of carbonyl (C=O) groups is 1. The SMILES string of the molecule is COCc1c(Br)c(C)nc(OCC(=O)NN=Cc2ccc(-c3ccc([N+](=O)[O-])cc3)o2)c1C#N. The Balaban J connectivity index is 1.59. The van der Waals surface area contributed by atoms with E-state index >= 15 is 0 Å². The highest BCUT2D eigenvalue weighted by Crippen LogP contribution is 2.30. The summed E-state index contributed by atoms with van der Waals surface area (Å²) in [5, 5.41) is 24.1. The fourth-order valence-corrected chi connectivity index (χ4v) is 3.27. The molecule has 174 valence electrons. The number of hydrogen-bond acceptors (Lipinski definition) is 9. The van der Waals surface area contributed by atoms with Gasteiger partial charge in [-0.3, -0.25) is 14.9 Å². The number of nitrogens with zero attached hydrogens (tertiary/aromatic N) is 4. The summed E-state index contributed by atoms with van der Waals surface area (Å²) >= 11 is 3.39. The molecule has 11 nitrogen and oxygen atoms in total. The molecule has 0 radical (unpaired) electrons. The van der Waals surface area contributed by atoms with E-state index < -0.39 is 17.4 Å². The lowest BCUT2D eigenvalue weighted by Gasteiger charge is -2.13. The van der Waals surface area contributed by atoms with Crippen LogP contribution in [0.15, 0.2) is 50.4 Å². The number of benzene rings is 1. The molecule has 0 saturated heterocycles. The largest absolute Gasteiger partial charge is 0.467 e. The van der Waals surface area contributed by atoms with E-state index in [1.54, 1.807) is 31.2 Å². The average Bonchev–Trinajstić information content (AvgIpc) is 3.30. The van der Waals surface area contributed by atoms with Crippen molar-refractivity contribution < 1.29 is 23.6 Å². The van der Waals surface area contributed by atoms with E-state index in [9.17, 15) is 20.2 Å². The molecule has 0 atom stereocenters. The van der Waals surface area contributed by atoms with Gasteiger partial charge in [-0.15, -0.1) is 0 Å². The van der Waals surface area contributed by atoms with Gasteiger partial charge in [0.1, 0.15) is 23.2 Å². The van der Waals surface area contributed by atoms with Crippen molar-refractivity contribution in [1.82, 2.24) is 10.4 Å². The van der Waals surface area contributed by atoms with Gasteiger partial charge in [-0.25, -0.2) is 10.4 Å². The first-order valence-electron chi connectivity index (χ1n) is 9.71. The number of aryl methyl sites for hydroxylation is 1. The number of amides is 1. The van der Waals surface area contributed by atoms with Crippen LogP contribution in [0, 0.1) is 28.4 Å². The molecule has 0 bridgehead atoms. The first-order chi connectivity index (χ1) is 16.3. The number of hydrazone groups is 1. The van der Waals surface area contributed by atoms with Crippen LogP contribution in [0.2, 0.25) is 0 Å². The summed E-state index contributed by atoms with van der Waals surface area (Å²) in [7, 11) is 1.50. The summed E-state index contributed by atoms with van der Waals surface area (Å²) in [6.07, 6.45) is 1.30. The number of methoxy groups -OCH3 is 1. The quantitative estimate of drug-likeness (QED) is 0.250. The van der Waals surface area contributed by atoms with Gasteiger partial charge < -0.3 is 13.9 Å². The van der Waals surface area contributed by atoms with E-state index in [0.717, 1.165) is 0 Å². The monoisotopic (exact) mass is 527 g/mol. The molecule has 34 heavy (non-hydrogen) atoms.